The lowest BCUT2D eigenvalue weighted by molar-refractivity contribution is 0.0474. The number of sulfonamides is 1. The lowest BCUT2D eigenvalue weighted by Gasteiger charge is -2.26. The first kappa shape index (κ1) is 24.5. The van der Waals surface area contributed by atoms with Gasteiger partial charge in [-0.1, -0.05) is 6.07 Å². The molecule has 178 valence electrons. The van der Waals surface area contributed by atoms with E-state index in [-0.39, 0.29) is 40.6 Å². The second kappa shape index (κ2) is 10.6. The van der Waals surface area contributed by atoms with Gasteiger partial charge in [-0.15, -0.1) is 0 Å². The van der Waals surface area contributed by atoms with E-state index in [1.165, 1.54) is 62.0 Å². The summed E-state index contributed by atoms with van der Waals surface area (Å²) >= 11 is 0. The zero-order chi connectivity index (χ0) is 24.0. The van der Waals surface area contributed by atoms with E-state index in [1.54, 1.807) is 0 Å². The Labute approximate surface area is 192 Å². The van der Waals surface area contributed by atoms with Crippen LogP contribution in [0.4, 0.5) is 0 Å². The van der Waals surface area contributed by atoms with Crippen LogP contribution in [0.5, 0.6) is 17.2 Å². The van der Waals surface area contributed by atoms with Crippen molar-refractivity contribution in [1.29, 1.82) is 0 Å². The number of Topliss-reactive ketones (excluding diaryl/α,β-unsaturated/α-hetero) is 1. The molecule has 0 amide bonds. The number of esters is 1. The minimum Gasteiger partial charge on any atom is -0.493 e. The number of methoxy groups -OCH3 is 3. The van der Waals surface area contributed by atoms with Crippen LogP contribution in [0.25, 0.3) is 0 Å². The van der Waals surface area contributed by atoms with Crippen molar-refractivity contribution in [1.82, 2.24) is 4.31 Å². The summed E-state index contributed by atoms with van der Waals surface area (Å²) in [5.74, 6) is -0.429. The van der Waals surface area contributed by atoms with Gasteiger partial charge in [-0.05, 0) is 30.3 Å². The summed E-state index contributed by atoms with van der Waals surface area (Å²) in [6.07, 6.45) is 0. The second-order valence-corrected chi connectivity index (χ2v) is 8.90. The van der Waals surface area contributed by atoms with E-state index < -0.39 is 28.4 Å². The number of ether oxygens (including phenoxy) is 5. The summed E-state index contributed by atoms with van der Waals surface area (Å²) in [5, 5.41) is 0. The van der Waals surface area contributed by atoms with E-state index in [4.69, 9.17) is 23.7 Å². The first-order chi connectivity index (χ1) is 15.8. The second-order valence-electron chi connectivity index (χ2n) is 6.96. The monoisotopic (exact) mass is 479 g/mol. The molecule has 0 bridgehead atoms. The highest BCUT2D eigenvalue weighted by atomic mass is 32.2. The van der Waals surface area contributed by atoms with Crippen molar-refractivity contribution < 1.29 is 41.7 Å². The highest BCUT2D eigenvalue weighted by Crippen LogP contribution is 2.38. The lowest BCUT2D eigenvalue weighted by atomic mass is 10.1. The minimum absolute atomic E-state index is 0.0158. The molecule has 0 radical (unpaired) electrons. The fourth-order valence-corrected chi connectivity index (χ4v) is 4.71. The molecule has 1 saturated heterocycles. The van der Waals surface area contributed by atoms with Crippen LogP contribution in [0, 0.1) is 0 Å². The van der Waals surface area contributed by atoms with Gasteiger partial charge in [0, 0.05) is 18.7 Å². The molecule has 0 aliphatic carbocycles. The Hall–Kier alpha value is -3.15. The van der Waals surface area contributed by atoms with Gasteiger partial charge in [0.05, 0.1) is 45.0 Å². The zero-order valence-electron chi connectivity index (χ0n) is 18.5. The molecule has 2 aromatic carbocycles. The SMILES string of the molecule is COc1cc(C(=O)COC(=O)c2cccc(S(=O)(=O)N3CCOCC3)c2)cc(OC)c1OC. The highest BCUT2D eigenvalue weighted by molar-refractivity contribution is 7.89. The largest absolute Gasteiger partial charge is 0.493 e. The Morgan fingerprint density at radius 1 is 0.939 bits per heavy atom. The maximum absolute atomic E-state index is 12.8. The van der Waals surface area contributed by atoms with Crippen molar-refractivity contribution in [2.24, 2.45) is 0 Å². The van der Waals surface area contributed by atoms with Gasteiger partial charge in [-0.25, -0.2) is 13.2 Å². The molecule has 0 spiro atoms. The summed E-state index contributed by atoms with van der Waals surface area (Å²) in [5.41, 5.74) is 0.211. The average molecular weight is 480 g/mol. The molecule has 3 rings (SSSR count). The Morgan fingerprint density at radius 3 is 2.15 bits per heavy atom. The molecule has 1 aliphatic rings. The molecule has 2 aromatic rings. The number of carbonyl (C=O) groups is 2. The smallest absolute Gasteiger partial charge is 0.338 e. The van der Waals surface area contributed by atoms with Crippen molar-refractivity contribution in [2.45, 2.75) is 4.90 Å². The number of rotatable bonds is 9. The Balaban J connectivity index is 1.72. The third-order valence-corrected chi connectivity index (χ3v) is 6.89. The van der Waals surface area contributed by atoms with E-state index >= 15 is 0 Å². The quantitative estimate of drug-likeness (QED) is 0.392. The minimum atomic E-state index is -3.78. The highest BCUT2D eigenvalue weighted by Gasteiger charge is 2.27. The van der Waals surface area contributed by atoms with Crippen molar-refractivity contribution in [3.05, 3.63) is 47.5 Å². The fraction of sp³-hybridized carbons (Fsp3) is 0.364. The lowest BCUT2D eigenvalue weighted by Crippen LogP contribution is -2.40. The van der Waals surface area contributed by atoms with Crippen LogP contribution in [-0.2, 0) is 19.5 Å². The first-order valence-electron chi connectivity index (χ1n) is 10.00. The molecule has 0 atom stereocenters. The molecule has 33 heavy (non-hydrogen) atoms. The van der Waals surface area contributed by atoms with Crippen molar-refractivity contribution in [3.63, 3.8) is 0 Å². The summed E-state index contributed by atoms with van der Waals surface area (Å²) in [4.78, 5) is 25.1. The van der Waals surface area contributed by atoms with Crippen LogP contribution >= 0.6 is 0 Å². The average Bonchev–Trinajstić information content (AvgIpc) is 2.86. The Kier molecular flexibility index (Phi) is 7.90. The van der Waals surface area contributed by atoms with Crippen LogP contribution in [0.1, 0.15) is 20.7 Å². The predicted octanol–water partition coefficient (Wildman–Crippen LogP) is 1.77. The van der Waals surface area contributed by atoms with Gasteiger partial charge in [0.1, 0.15) is 0 Å². The molecule has 1 fully saturated rings. The molecule has 11 heteroatoms. The van der Waals surface area contributed by atoms with Crippen LogP contribution in [0.3, 0.4) is 0 Å². The van der Waals surface area contributed by atoms with Gasteiger partial charge in [-0.2, -0.15) is 4.31 Å². The number of hydrogen-bond acceptors (Lipinski definition) is 9. The van der Waals surface area contributed by atoms with E-state index in [0.29, 0.717) is 19.0 Å². The number of benzene rings is 2. The normalized spacial score (nSPS) is 14.4. The summed E-state index contributed by atoms with van der Waals surface area (Å²) in [6.45, 7) is 0.534. The zero-order valence-corrected chi connectivity index (χ0v) is 19.3. The molecule has 10 nitrogen and oxygen atoms in total. The first-order valence-corrected chi connectivity index (χ1v) is 11.4. The molecule has 0 aromatic heterocycles. The van der Waals surface area contributed by atoms with Crippen LogP contribution in [0.2, 0.25) is 0 Å². The maximum atomic E-state index is 12.8. The number of carbonyl (C=O) groups excluding carboxylic acids is 2. The fourth-order valence-electron chi connectivity index (χ4n) is 3.26. The summed E-state index contributed by atoms with van der Waals surface area (Å²) < 4.78 is 52.9. The third kappa shape index (κ3) is 5.44. The number of morpholine rings is 1. The molecule has 1 heterocycles. The maximum Gasteiger partial charge on any atom is 0.338 e. The summed E-state index contributed by atoms with van der Waals surface area (Å²) in [7, 11) is 0.506. The summed E-state index contributed by atoms with van der Waals surface area (Å²) in [6, 6.07) is 8.41. The van der Waals surface area contributed by atoms with E-state index in [9.17, 15) is 18.0 Å². The molecule has 0 saturated carbocycles. The van der Waals surface area contributed by atoms with Crippen LogP contribution in [-0.4, -0.2) is 78.7 Å². The third-order valence-electron chi connectivity index (χ3n) is 5.00. The van der Waals surface area contributed by atoms with E-state index in [2.05, 4.69) is 0 Å². The molecule has 0 N–H and O–H groups in total. The molecular weight excluding hydrogens is 454 g/mol. The van der Waals surface area contributed by atoms with Crippen molar-refractivity contribution >= 4 is 21.8 Å². The van der Waals surface area contributed by atoms with Crippen LogP contribution < -0.4 is 14.2 Å². The Bertz CT molecular complexity index is 1100. The van der Waals surface area contributed by atoms with Crippen molar-refractivity contribution in [3.8, 4) is 17.2 Å². The van der Waals surface area contributed by atoms with Crippen LogP contribution in [0.15, 0.2) is 41.3 Å². The van der Waals surface area contributed by atoms with Gasteiger partial charge >= 0.3 is 5.97 Å². The van der Waals surface area contributed by atoms with Crippen molar-refractivity contribution in [2.75, 3.05) is 54.2 Å². The Morgan fingerprint density at radius 2 is 1.58 bits per heavy atom. The van der Waals surface area contributed by atoms with E-state index in [1.807, 2.05) is 0 Å². The number of ketones is 1. The van der Waals surface area contributed by atoms with Gasteiger partial charge in [0.25, 0.3) is 0 Å². The predicted molar refractivity (Wildman–Crippen MR) is 117 cm³/mol. The molecular formula is C22H25NO9S. The van der Waals surface area contributed by atoms with Gasteiger partial charge in [0.2, 0.25) is 21.6 Å². The van der Waals surface area contributed by atoms with Gasteiger partial charge < -0.3 is 23.7 Å². The molecule has 0 unspecified atom stereocenters. The standard InChI is InChI=1S/C22H25NO9S/c1-28-19-12-16(13-20(29-2)21(19)30-3)18(24)14-32-22(25)15-5-4-6-17(11-15)33(26,27)23-7-9-31-10-8-23/h4-6,11-13H,7-10,14H2,1-3H3. The number of hydrogen-bond donors (Lipinski definition) is 0. The topological polar surface area (TPSA) is 118 Å². The van der Waals surface area contributed by atoms with Gasteiger partial charge in [0.15, 0.2) is 18.1 Å². The number of nitrogens with zero attached hydrogens (tertiary/aromatic N) is 1. The van der Waals surface area contributed by atoms with Gasteiger partial charge in [-0.3, -0.25) is 4.79 Å². The van der Waals surface area contributed by atoms with E-state index in [0.717, 1.165) is 0 Å². The molecule has 1 aliphatic heterocycles.